The van der Waals surface area contributed by atoms with E-state index in [4.69, 9.17) is 11.6 Å². The molecule has 0 saturated carbocycles. The molecule has 0 bridgehead atoms. The molecule has 0 radical (unpaired) electrons. The van der Waals surface area contributed by atoms with Crippen molar-refractivity contribution in [2.24, 2.45) is 0 Å². The number of hydrogen-bond donors (Lipinski definition) is 1. The molecule has 14 heavy (non-hydrogen) atoms. The Morgan fingerprint density at radius 3 is 2.43 bits per heavy atom. The van der Waals surface area contributed by atoms with Crippen molar-refractivity contribution in [3.63, 3.8) is 0 Å². The summed E-state index contributed by atoms with van der Waals surface area (Å²) in [6.07, 6.45) is 4.55. The summed E-state index contributed by atoms with van der Waals surface area (Å²) in [7, 11) is 0. The highest BCUT2D eigenvalue weighted by atomic mass is 35.5. The molecule has 2 unspecified atom stereocenters. The standard InChI is InChI=1S/C10H16ClN3/c1-4-9(8(3)11)14-10-12-5-7(2)6-13-10/h5-6,8-9H,4H2,1-3H3,(H,12,13,14). The lowest BCUT2D eigenvalue weighted by Crippen LogP contribution is -2.27. The van der Waals surface area contributed by atoms with E-state index in [-0.39, 0.29) is 11.4 Å². The largest absolute Gasteiger partial charge is 0.350 e. The highest BCUT2D eigenvalue weighted by Crippen LogP contribution is 2.10. The van der Waals surface area contributed by atoms with Gasteiger partial charge in [-0.1, -0.05) is 6.92 Å². The minimum Gasteiger partial charge on any atom is -0.350 e. The first-order valence-corrected chi connectivity index (χ1v) is 5.26. The van der Waals surface area contributed by atoms with Gasteiger partial charge in [-0.25, -0.2) is 9.97 Å². The molecule has 4 heteroatoms. The lowest BCUT2D eigenvalue weighted by Gasteiger charge is -2.18. The van der Waals surface area contributed by atoms with Gasteiger partial charge in [0.15, 0.2) is 0 Å². The number of aromatic nitrogens is 2. The maximum atomic E-state index is 6.01. The number of rotatable bonds is 4. The predicted molar refractivity (Wildman–Crippen MR) is 59.8 cm³/mol. The van der Waals surface area contributed by atoms with Gasteiger partial charge in [-0.15, -0.1) is 11.6 Å². The van der Waals surface area contributed by atoms with Crippen LogP contribution in [0.3, 0.4) is 0 Å². The molecule has 1 N–H and O–H groups in total. The van der Waals surface area contributed by atoms with Gasteiger partial charge in [0.1, 0.15) is 0 Å². The van der Waals surface area contributed by atoms with Crippen molar-refractivity contribution in [3.8, 4) is 0 Å². The van der Waals surface area contributed by atoms with Crippen molar-refractivity contribution in [2.75, 3.05) is 5.32 Å². The van der Waals surface area contributed by atoms with Crippen LogP contribution in [0.4, 0.5) is 5.95 Å². The number of anilines is 1. The summed E-state index contributed by atoms with van der Waals surface area (Å²) in [6, 6.07) is 0.222. The van der Waals surface area contributed by atoms with E-state index >= 15 is 0 Å². The van der Waals surface area contributed by atoms with Gasteiger partial charge in [0.2, 0.25) is 5.95 Å². The molecule has 1 rings (SSSR count). The zero-order chi connectivity index (χ0) is 10.6. The van der Waals surface area contributed by atoms with E-state index in [1.165, 1.54) is 0 Å². The Kier molecular flexibility index (Phi) is 4.14. The molecule has 0 fully saturated rings. The summed E-state index contributed by atoms with van der Waals surface area (Å²) in [5.41, 5.74) is 1.06. The Balaban J connectivity index is 2.63. The number of nitrogens with zero attached hydrogens (tertiary/aromatic N) is 2. The lowest BCUT2D eigenvalue weighted by molar-refractivity contribution is 0.671. The highest BCUT2D eigenvalue weighted by Gasteiger charge is 2.13. The van der Waals surface area contributed by atoms with Crippen molar-refractivity contribution in [1.29, 1.82) is 0 Å². The van der Waals surface area contributed by atoms with E-state index in [1.54, 1.807) is 12.4 Å². The fraction of sp³-hybridized carbons (Fsp3) is 0.600. The number of hydrogen-bond acceptors (Lipinski definition) is 3. The Labute approximate surface area is 89.9 Å². The number of halogens is 1. The summed E-state index contributed by atoms with van der Waals surface area (Å²) in [5.74, 6) is 0.648. The Morgan fingerprint density at radius 2 is 2.00 bits per heavy atom. The first-order chi connectivity index (χ1) is 6.63. The second-order valence-corrected chi connectivity index (χ2v) is 4.11. The summed E-state index contributed by atoms with van der Waals surface area (Å²) >= 11 is 6.01. The molecular formula is C10H16ClN3. The van der Waals surface area contributed by atoms with Crippen LogP contribution in [0.2, 0.25) is 0 Å². The van der Waals surface area contributed by atoms with Crippen molar-refractivity contribution in [2.45, 2.75) is 38.6 Å². The Hall–Kier alpha value is -0.830. The van der Waals surface area contributed by atoms with Crippen LogP contribution in [0.1, 0.15) is 25.8 Å². The van der Waals surface area contributed by atoms with E-state index in [9.17, 15) is 0 Å². The molecule has 1 aromatic heterocycles. The molecule has 78 valence electrons. The number of aryl methyl sites for hydroxylation is 1. The van der Waals surface area contributed by atoms with Crippen molar-refractivity contribution < 1.29 is 0 Å². The summed E-state index contributed by atoms with van der Waals surface area (Å²) < 4.78 is 0. The fourth-order valence-electron chi connectivity index (χ4n) is 1.17. The third-order valence-corrected chi connectivity index (χ3v) is 2.39. The molecular weight excluding hydrogens is 198 g/mol. The van der Waals surface area contributed by atoms with Gasteiger partial charge in [-0.2, -0.15) is 0 Å². The molecule has 1 aromatic rings. The molecule has 3 nitrogen and oxygen atoms in total. The minimum absolute atomic E-state index is 0.0740. The maximum absolute atomic E-state index is 6.01. The number of alkyl halides is 1. The van der Waals surface area contributed by atoms with Gasteiger partial charge in [0.05, 0.1) is 5.38 Å². The van der Waals surface area contributed by atoms with Crippen LogP contribution in [0.15, 0.2) is 12.4 Å². The van der Waals surface area contributed by atoms with Crippen LogP contribution < -0.4 is 5.32 Å². The first kappa shape index (κ1) is 11.2. The van der Waals surface area contributed by atoms with Gasteiger partial charge in [-0.3, -0.25) is 0 Å². The molecule has 0 aliphatic heterocycles. The zero-order valence-corrected chi connectivity index (χ0v) is 9.54. The van der Waals surface area contributed by atoms with Crippen molar-refractivity contribution in [3.05, 3.63) is 18.0 Å². The molecule has 0 aliphatic carbocycles. The van der Waals surface area contributed by atoms with Crippen LogP contribution in [-0.4, -0.2) is 21.4 Å². The highest BCUT2D eigenvalue weighted by molar-refractivity contribution is 6.21. The van der Waals surface area contributed by atoms with Gasteiger partial charge >= 0.3 is 0 Å². The van der Waals surface area contributed by atoms with E-state index in [0.29, 0.717) is 5.95 Å². The van der Waals surface area contributed by atoms with E-state index in [2.05, 4.69) is 22.2 Å². The summed E-state index contributed by atoms with van der Waals surface area (Å²) in [4.78, 5) is 8.34. The SMILES string of the molecule is CCC(Nc1ncc(C)cn1)C(C)Cl. The molecule has 0 saturated heterocycles. The normalized spacial score (nSPS) is 14.9. The lowest BCUT2D eigenvalue weighted by atomic mass is 10.2. The zero-order valence-electron chi connectivity index (χ0n) is 8.79. The van der Waals surface area contributed by atoms with E-state index < -0.39 is 0 Å². The van der Waals surface area contributed by atoms with Crippen LogP contribution in [0, 0.1) is 6.92 Å². The molecule has 0 spiro atoms. The average Bonchev–Trinajstić information content (AvgIpc) is 2.16. The van der Waals surface area contributed by atoms with Crippen LogP contribution in [0.25, 0.3) is 0 Å². The third kappa shape index (κ3) is 3.14. The molecule has 0 amide bonds. The van der Waals surface area contributed by atoms with Gasteiger partial charge in [-0.05, 0) is 25.8 Å². The first-order valence-electron chi connectivity index (χ1n) is 4.82. The predicted octanol–water partition coefficient (Wildman–Crippen LogP) is 2.60. The van der Waals surface area contributed by atoms with Gasteiger partial charge in [0.25, 0.3) is 0 Å². The summed E-state index contributed by atoms with van der Waals surface area (Å²) in [5, 5.41) is 3.28. The second-order valence-electron chi connectivity index (χ2n) is 3.42. The Morgan fingerprint density at radius 1 is 1.43 bits per heavy atom. The van der Waals surface area contributed by atoms with Gasteiger partial charge < -0.3 is 5.32 Å². The maximum Gasteiger partial charge on any atom is 0.222 e. The summed E-state index contributed by atoms with van der Waals surface area (Å²) in [6.45, 7) is 6.02. The second kappa shape index (κ2) is 5.15. The average molecular weight is 214 g/mol. The molecule has 2 atom stereocenters. The number of nitrogens with one attached hydrogen (secondary N) is 1. The smallest absolute Gasteiger partial charge is 0.222 e. The monoisotopic (exact) mass is 213 g/mol. The molecule has 0 aliphatic rings. The van der Waals surface area contributed by atoms with Crippen LogP contribution in [-0.2, 0) is 0 Å². The third-order valence-electron chi connectivity index (χ3n) is 2.09. The quantitative estimate of drug-likeness (QED) is 0.782. The van der Waals surface area contributed by atoms with Crippen LogP contribution >= 0.6 is 11.6 Å². The van der Waals surface area contributed by atoms with E-state index in [0.717, 1.165) is 12.0 Å². The molecule has 0 aromatic carbocycles. The van der Waals surface area contributed by atoms with E-state index in [1.807, 2.05) is 13.8 Å². The minimum atomic E-state index is 0.0740. The molecule has 1 heterocycles. The van der Waals surface area contributed by atoms with Crippen molar-refractivity contribution in [1.82, 2.24) is 9.97 Å². The van der Waals surface area contributed by atoms with Gasteiger partial charge in [0, 0.05) is 18.4 Å². The Bertz CT molecular complexity index is 271. The van der Waals surface area contributed by atoms with Crippen LogP contribution in [0.5, 0.6) is 0 Å². The topological polar surface area (TPSA) is 37.8 Å². The fourth-order valence-corrected chi connectivity index (χ4v) is 1.42. The van der Waals surface area contributed by atoms with Crippen molar-refractivity contribution >= 4 is 17.5 Å².